The highest BCUT2D eigenvalue weighted by atomic mass is 32.2. The van der Waals surface area contributed by atoms with Gasteiger partial charge in [0.1, 0.15) is 0 Å². The molecule has 1 unspecified atom stereocenters. The molecule has 0 saturated heterocycles. The Morgan fingerprint density at radius 2 is 1.33 bits per heavy atom. The molecule has 0 radical (unpaired) electrons. The Kier molecular flexibility index (Phi) is 15.6. The zero-order valence-corrected chi connectivity index (χ0v) is 13.6. The minimum atomic E-state index is 0.693. The number of hydrogen-bond acceptors (Lipinski definition) is 2. The van der Waals surface area contributed by atoms with Gasteiger partial charge in [0, 0.05) is 0 Å². The van der Waals surface area contributed by atoms with E-state index in [1.54, 1.807) is 0 Å². The molecule has 0 fully saturated rings. The maximum atomic E-state index is 5.60. The Morgan fingerprint density at radius 3 is 1.83 bits per heavy atom. The molecule has 1 nitrogen and oxygen atoms in total. The van der Waals surface area contributed by atoms with Crippen LogP contribution in [0.5, 0.6) is 0 Å². The molecule has 110 valence electrons. The van der Waals surface area contributed by atoms with E-state index in [2.05, 4.69) is 25.6 Å². The first-order valence-electron chi connectivity index (χ1n) is 8.09. The van der Waals surface area contributed by atoms with Crippen LogP contribution in [0, 0.1) is 5.92 Å². The van der Waals surface area contributed by atoms with Crippen molar-refractivity contribution in [3.63, 3.8) is 0 Å². The molecule has 0 spiro atoms. The first kappa shape index (κ1) is 18.3. The molecule has 1 atom stereocenters. The largest absolute Gasteiger partial charge is 0.330 e. The summed E-state index contributed by atoms with van der Waals surface area (Å²) in [6.45, 7) is 5.36. The molecule has 2 heteroatoms. The topological polar surface area (TPSA) is 26.0 Å². The summed E-state index contributed by atoms with van der Waals surface area (Å²) in [6, 6.07) is 0. The Labute approximate surface area is 120 Å². The van der Waals surface area contributed by atoms with E-state index in [1.807, 2.05) is 0 Å². The maximum absolute atomic E-state index is 5.60. The van der Waals surface area contributed by atoms with E-state index in [9.17, 15) is 0 Å². The molecular weight excluding hydrogens is 238 g/mol. The molecule has 0 aliphatic rings. The highest BCUT2D eigenvalue weighted by molar-refractivity contribution is 7.99. The first-order valence-corrected chi connectivity index (χ1v) is 9.24. The van der Waals surface area contributed by atoms with Crippen molar-refractivity contribution in [2.75, 3.05) is 18.1 Å². The van der Waals surface area contributed by atoms with Gasteiger partial charge in [-0.3, -0.25) is 0 Å². The van der Waals surface area contributed by atoms with Crippen LogP contribution in [0.25, 0.3) is 0 Å². The lowest BCUT2D eigenvalue weighted by atomic mass is 10.1. The Morgan fingerprint density at radius 1 is 0.833 bits per heavy atom. The summed E-state index contributed by atoms with van der Waals surface area (Å²) in [5.74, 6) is 3.27. The van der Waals surface area contributed by atoms with Crippen LogP contribution in [0.2, 0.25) is 0 Å². The Balaban J connectivity index is 2.94. The number of hydrogen-bond donors (Lipinski definition) is 1. The van der Waals surface area contributed by atoms with Crippen LogP contribution in [0.1, 0.15) is 78.1 Å². The van der Waals surface area contributed by atoms with Gasteiger partial charge in [-0.2, -0.15) is 11.8 Å². The predicted molar refractivity (Wildman–Crippen MR) is 87.4 cm³/mol. The van der Waals surface area contributed by atoms with E-state index in [1.165, 1.54) is 75.7 Å². The molecule has 0 aliphatic heterocycles. The molecule has 0 aromatic rings. The third-order valence-corrected chi connectivity index (χ3v) is 4.83. The van der Waals surface area contributed by atoms with E-state index in [0.29, 0.717) is 5.92 Å². The summed E-state index contributed by atoms with van der Waals surface area (Å²) in [5.41, 5.74) is 5.60. The average Bonchev–Trinajstić information content (AvgIpc) is 2.39. The fourth-order valence-corrected chi connectivity index (χ4v) is 3.16. The monoisotopic (exact) mass is 273 g/mol. The van der Waals surface area contributed by atoms with Gasteiger partial charge in [0.25, 0.3) is 0 Å². The number of nitrogens with two attached hydrogens (primary N) is 1. The fourth-order valence-electron chi connectivity index (χ4n) is 2.04. The molecule has 0 bridgehead atoms. The Hall–Kier alpha value is 0.310. The van der Waals surface area contributed by atoms with E-state index in [4.69, 9.17) is 5.73 Å². The van der Waals surface area contributed by atoms with Crippen molar-refractivity contribution >= 4 is 11.8 Å². The normalized spacial score (nSPS) is 12.8. The van der Waals surface area contributed by atoms with Crippen LogP contribution < -0.4 is 5.73 Å². The number of thioether (sulfide) groups is 1. The van der Waals surface area contributed by atoms with E-state index < -0.39 is 0 Å². The molecular formula is C16H35NS. The molecule has 0 rings (SSSR count). The second-order valence-corrected chi connectivity index (χ2v) is 6.75. The highest BCUT2D eigenvalue weighted by Crippen LogP contribution is 2.13. The molecule has 0 heterocycles. The van der Waals surface area contributed by atoms with Crippen molar-refractivity contribution in [2.45, 2.75) is 78.1 Å². The minimum Gasteiger partial charge on any atom is -0.330 e. The van der Waals surface area contributed by atoms with Gasteiger partial charge in [0.15, 0.2) is 0 Å². The van der Waals surface area contributed by atoms with Crippen LogP contribution in [0.15, 0.2) is 0 Å². The summed E-state index contributed by atoms with van der Waals surface area (Å²) in [6.07, 6.45) is 14.4. The van der Waals surface area contributed by atoms with Gasteiger partial charge in [-0.25, -0.2) is 0 Å². The van der Waals surface area contributed by atoms with Crippen molar-refractivity contribution < 1.29 is 0 Å². The third kappa shape index (κ3) is 14.4. The van der Waals surface area contributed by atoms with Crippen LogP contribution in [0.3, 0.4) is 0 Å². The summed E-state index contributed by atoms with van der Waals surface area (Å²) in [4.78, 5) is 0. The van der Waals surface area contributed by atoms with Gasteiger partial charge >= 0.3 is 0 Å². The smallest absolute Gasteiger partial charge is 0.00297 e. The van der Waals surface area contributed by atoms with E-state index in [-0.39, 0.29) is 0 Å². The number of unbranched alkanes of at least 4 members (excludes halogenated alkanes) is 9. The third-order valence-electron chi connectivity index (χ3n) is 3.45. The molecule has 18 heavy (non-hydrogen) atoms. The average molecular weight is 274 g/mol. The summed E-state index contributed by atoms with van der Waals surface area (Å²) < 4.78 is 0. The van der Waals surface area contributed by atoms with Crippen molar-refractivity contribution in [1.82, 2.24) is 0 Å². The highest BCUT2D eigenvalue weighted by Gasteiger charge is 1.98. The lowest BCUT2D eigenvalue weighted by Crippen LogP contribution is -2.12. The van der Waals surface area contributed by atoms with E-state index in [0.717, 1.165) is 6.54 Å². The molecule has 0 aromatic carbocycles. The summed E-state index contributed by atoms with van der Waals surface area (Å²) >= 11 is 2.08. The molecule has 0 saturated carbocycles. The molecule has 0 amide bonds. The van der Waals surface area contributed by atoms with Gasteiger partial charge in [0.05, 0.1) is 0 Å². The van der Waals surface area contributed by atoms with Gasteiger partial charge in [-0.05, 0) is 30.4 Å². The van der Waals surface area contributed by atoms with Gasteiger partial charge in [-0.1, -0.05) is 71.6 Å². The van der Waals surface area contributed by atoms with Crippen molar-refractivity contribution in [3.05, 3.63) is 0 Å². The van der Waals surface area contributed by atoms with Crippen molar-refractivity contribution in [1.29, 1.82) is 0 Å². The lowest BCUT2D eigenvalue weighted by Gasteiger charge is -2.07. The van der Waals surface area contributed by atoms with Crippen molar-refractivity contribution in [3.8, 4) is 0 Å². The molecule has 0 aliphatic carbocycles. The van der Waals surface area contributed by atoms with Gasteiger partial charge in [0.2, 0.25) is 0 Å². The zero-order chi connectivity index (χ0) is 13.5. The zero-order valence-electron chi connectivity index (χ0n) is 12.8. The van der Waals surface area contributed by atoms with Gasteiger partial charge < -0.3 is 5.73 Å². The summed E-state index contributed by atoms with van der Waals surface area (Å²) in [7, 11) is 0. The van der Waals surface area contributed by atoms with Crippen LogP contribution in [-0.2, 0) is 0 Å². The first-order chi connectivity index (χ1) is 8.81. The SMILES string of the molecule is CCCCCCCCCCCCSCC(C)CN. The Bertz CT molecular complexity index is 150. The van der Waals surface area contributed by atoms with Crippen LogP contribution in [-0.4, -0.2) is 18.1 Å². The quantitative estimate of drug-likeness (QED) is 0.438. The number of rotatable bonds is 14. The van der Waals surface area contributed by atoms with Crippen molar-refractivity contribution in [2.24, 2.45) is 11.7 Å². The van der Waals surface area contributed by atoms with Crippen LogP contribution >= 0.6 is 11.8 Å². The minimum absolute atomic E-state index is 0.693. The molecule has 2 N–H and O–H groups in total. The second-order valence-electron chi connectivity index (χ2n) is 5.60. The standard InChI is InChI=1S/C16H35NS/c1-3-4-5-6-7-8-9-10-11-12-13-18-15-16(2)14-17/h16H,3-15,17H2,1-2H3. The van der Waals surface area contributed by atoms with E-state index >= 15 is 0 Å². The maximum Gasteiger partial charge on any atom is -0.00297 e. The second kappa shape index (κ2) is 15.4. The fraction of sp³-hybridized carbons (Fsp3) is 1.00. The summed E-state index contributed by atoms with van der Waals surface area (Å²) in [5, 5.41) is 0. The molecule has 0 aromatic heterocycles. The van der Waals surface area contributed by atoms with Crippen LogP contribution in [0.4, 0.5) is 0 Å². The van der Waals surface area contributed by atoms with Gasteiger partial charge in [-0.15, -0.1) is 0 Å². The lowest BCUT2D eigenvalue weighted by molar-refractivity contribution is 0.563. The predicted octanol–water partition coefficient (Wildman–Crippen LogP) is 5.24.